The topological polar surface area (TPSA) is 49.4 Å². The lowest BCUT2D eigenvalue weighted by atomic mass is 9.85. The fourth-order valence-electron chi connectivity index (χ4n) is 2.69. The highest BCUT2D eigenvalue weighted by atomic mass is 32.2. The van der Waals surface area contributed by atoms with Gasteiger partial charge in [0.05, 0.1) is 0 Å². The molecule has 2 rings (SSSR count). The molecule has 2 heterocycles. The van der Waals surface area contributed by atoms with Crippen LogP contribution in [0.4, 0.5) is 0 Å². The maximum Gasteiger partial charge on any atom is 0.252 e. The van der Waals surface area contributed by atoms with Gasteiger partial charge in [0, 0.05) is 19.6 Å². The van der Waals surface area contributed by atoms with Crippen molar-refractivity contribution in [3.63, 3.8) is 0 Å². The molecule has 1 N–H and O–H groups in total. The van der Waals surface area contributed by atoms with Gasteiger partial charge < -0.3 is 5.32 Å². The van der Waals surface area contributed by atoms with Gasteiger partial charge in [0.2, 0.25) is 0 Å². The van der Waals surface area contributed by atoms with E-state index in [0.717, 1.165) is 37.9 Å². The third kappa shape index (κ3) is 4.28. The van der Waals surface area contributed by atoms with Gasteiger partial charge in [-0.25, -0.2) is 8.42 Å². The zero-order valence-electron chi connectivity index (χ0n) is 13.2. The van der Waals surface area contributed by atoms with Gasteiger partial charge in [-0.15, -0.1) is 11.3 Å². The van der Waals surface area contributed by atoms with Crippen LogP contribution in [0, 0.1) is 5.41 Å². The van der Waals surface area contributed by atoms with Gasteiger partial charge in [0.25, 0.3) is 10.0 Å². The van der Waals surface area contributed by atoms with Gasteiger partial charge in [-0.2, -0.15) is 4.31 Å². The fraction of sp³-hybridized carbons (Fsp3) is 0.733. The highest BCUT2D eigenvalue weighted by Crippen LogP contribution is 2.33. The highest BCUT2D eigenvalue weighted by Gasteiger charge is 2.34. The van der Waals surface area contributed by atoms with Gasteiger partial charge in [-0.05, 0) is 48.2 Å². The molecule has 0 unspecified atom stereocenters. The minimum absolute atomic E-state index is 0.0775. The van der Waals surface area contributed by atoms with E-state index in [1.807, 2.05) is 11.4 Å². The number of piperidine rings is 1. The number of hydrogen-bond donors (Lipinski definition) is 1. The largest absolute Gasteiger partial charge is 0.313 e. The van der Waals surface area contributed by atoms with E-state index in [9.17, 15) is 8.42 Å². The van der Waals surface area contributed by atoms with Gasteiger partial charge in [0.1, 0.15) is 4.21 Å². The van der Waals surface area contributed by atoms with Gasteiger partial charge >= 0.3 is 0 Å². The molecule has 1 aromatic rings. The highest BCUT2D eigenvalue weighted by molar-refractivity contribution is 7.91. The Hall–Kier alpha value is -0.430. The molecule has 0 aromatic carbocycles. The first-order valence-electron chi connectivity index (χ1n) is 7.63. The van der Waals surface area contributed by atoms with Crippen LogP contribution in [0.5, 0.6) is 0 Å². The molecule has 0 radical (unpaired) electrons. The SMILES string of the molecule is CCCNCc1csc(S(=O)(=O)N2CCCC(C)(C)C2)c1. The Morgan fingerprint density at radius 1 is 1.43 bits per heavy atom. The first-order chi connectivity index (χ1) is 9.85. The lowest BCUT2D eigenvalue weighted by molar-refractivity contribution is 0.187. The van der Waals surface area contributed by atoms with E-state index in [-0.39, 0.29) is 5.41 Å². The first kappa shape index (κ1) is 16.9. The van der Waals surface area contributed by atoms with Crippen molar-refractivity contribution in [1.29, 1.82) is 0 Å². The van der Waals surface area contributed by atoms with Crippen LogP contribution in [0.2, 0.25) is 0 Å². The maximum atomic E-state index is 12.7. The number of hydrogen-bond acceptors (Lipinski definition) is 4. The molecule has 21 heavy (non-hydrogen) atoms. The molecule has 1 aliphatic heterocycles. The Balaban J connectivity index is 2.09. The van der Waals surface area contributed by atoms with Crippen molar-refractivity contribution >= 4 is 21.4 Å². The molecule has 0 atom stereocenters. The Morgan fingerprint density at radius 3 is 2.86 bits per heavy atom. The zero-order chi connectivity index (χ0) is 15.5. The molecule has 0 bridgehead atoms. The van der Waals surface area contributed by atoms with E-state index in [1.165, 1.54) is 11.3 Å². The molecule has 0 amide bonds. The Labute approximate surface area is 132 Å². The van der Waals surface area contributed by atoms with Crippen molar-refractivity contribution in [3.8, 4) is 0 Å². The van der Waals surface area contributed by atoms with E-state index in [2.05, 4.69) is 26.1 Å². The summed E-state index contributed by atoms with van der Waals surface area (Å²) in [6.07, 6.45) is 3.12. The summed E-state index contributed by atoms with van der Waals surface area (Å²) in [5, 5.41) is 5.26. The van der Waals surface area contributed by atoms with Crippen molar-refractivity contribution in [2.24, 2.45) is 5.41 Å². The van der Waals surface area contributed by atoms with Crippen LogP contribution in [-0.2, 0) is 16.6 Å². The summed E-state index contributed by atoms with van der Waals surface area (Å²) in [5.74, 6) is 0. The van der Waals surface area contributed by atoms with E-state index in [1.54, 1.807) is 4.31 Å². The second-order valence-corrected chi connectivity index (χ2v) is 9.63. The molecular formula is C15H26N2O2S2. The smallest absolute Gasteiger partial charge is 0.252 e. The second kappa shape index (κ2) is 6.77. The minimum Gasteiger partial charge on any atom is -0.313 e. The van der Waals surface area contributed by atoms with Gasteiger partial charge in [-0.1, -0.05) is 20.8 Å². The Kier molecular flexibility index (Phi) is 5.46. The maximum absolute atomic E-state index is 12.7. The third-order valence-electron chi connectivity index (χ3n) is 3.85. The van der Waals surface area contributed by atoms with Crippen LogP contribution in [0.1, 0.15) is 45.6 Å². The van der Waals surface area contributed by atoms with Gasteiger partial charge in [-0.3, -0.25) is 0 Å². The molecule has 6 heteroatoms. The minimum atomic E-state index is -3.32. The molecule has 1 fully saturated rings. The molecule has 0 saturated carbocycles. The van der Waals surface area contributed by atoms with Crippen LogP contribution in [0.25, 0.3) is 0 Å². The lowest BCUT2D eigenvalue weighted by Crippen LogP contribution is -2.43. The van der Waals surface area contributed by atoms with Crippen LogP contribution in [0.3, 0.4) is 0 Å². The van der Waals surface area contributed by atoms with Crippen molar-refractivity contribution in [2.75, 3.05) is 19.6 Å². The van der Waals surface area contributed by atoms with Crippen molar-refractivity contribution in [3.05, 3.63) is 17.0 Å². The summed E-state index contributed by atoms with van der Waals surface area (Å²) in [7, 11) is -3.32. The molecule has 1 saturated heterocycles. The summed E-state index contributed by atoms with van der Waals surface area (Å²) in [5.41, 5.74) is 1.14. The quantitative estimate of drug-likeness (QED) is 0.816. The third-order valence-corrected chi connectivity index (χ3v) is 7.15. The Morgan fingerprint density at radius 2 is 2.19 bits per heavy atom. The number of thiophene rings is 1. The summed E-state index contributed by atoms with van der Waals surface area (Å²) >= 11 is 1.34. The van der Waals surface area contributed by atoms with E-state index in [0.29, 0.717) is 17.3 Å². The summed E-state index contributed by atoms with van der Waals surface area (Å²) in [6.45, 7) is 9.37. The van der Waals surface area contributed by atoms with Crippen LogP contribution >= 0.6 is 11.3 Å². The first-order valence-corrected chi connectivity index (χ1v) is 9.95. The number of nitrogens with one attached hydrogen (secondary N) is 1. The molecule has 1 aliphatic rings. The van der Waals surface area contributed by atoms with Crippen LogP contribution in [-0.4, -0.2) is 32.4 Å². The Bertz CT molecular complexity index is 564. The second-order valence-electron chi connectivity index (χ2n) is 6.56. The monoisotopic (exact) mass is 330 g/mol. The van der Waals surface area contributed by atoms with Crippen molar-refractivity contribution < 1.29 is 8.42 Å². The zero-order valence-corrected chi connectivity index (χ0v) is 14.8. The van der Waals surface area contributed by atoms with Crippen molar-refractivity contribution in [1.82, 2.24) is 9.62 Å². The number of sulfonamides is 1. The summed E-state index contributed by atoms with van der Waals surface area (Å²) in [6, 6.07) is 1.82. The normalized spacial score (nSPS) is 19.8. The summed E-state index contributed by atoms with van der Waals surface area (Å²) < 4.78 is 27.6. The van der Waals surface area contributed by atoms with Crippen LogP contribution in [0.15, 0.2) is 15.7 Å². The van der Waals surface area contributed by atoms with E-state index in [4.69, 9.17) is 0 Å². The predicted molar refractivity (Wildman–Crippen MR) is 88.1 cm³/mol. The average Bonchev–Trinajstić information content (AvgIpc) is 2.87. The fourth-order valence-corrected chi connectivity index (χ4v) is 5.72. The predicted octanol–water partition coefficient (Wildman–Crippen LogP) is 3.06. The molecule has 120 valence electrons. The molecule has 4 nitrogen and oxygen atoms in total. The molecule has 0 aliphatic carbocycles. The average molecular weight is 331 g/mol. The molecule has 0 spiro atoms. The number of nitrogens with zero attached hydrogens (tertiary/aromatic N) is 1. The van der Waals surface area contributed by atoms with Crippen LogP contribution < -0.4 is 5.32 Å². The summed E-state index contributed by atoms with van der Waals surface area (Å²) in [4.78, 5) is 0. The van der Waals surface area contributed by atoms with E-state index >= 15 is 0 Å². The molecule has 1 aromatic heterocycles. The standard InChI is InChI=1S/C15H26N2O2S2/c1-4-7-16-10-13-9-14(20-11-13)21(18,19)17-8-5-6-15(2,3)12-17/h9,11,16H,4-8,10,12H2,1-3H3. The lowest BCUT2D eigenvalue weighted by Gasteiger charge is -2.36. The molecular weight excluding hydrogens is 304 g/mol. The number of rotatable bonds is 6. The van der Waals surface area contributed by atoms with E-state index < -0.39 is 10.0 Å². The van der Waals surface area contributed by atoms with Gasteiger partial charge in [0.15, 0.2) is 0 Å². The van der Waals surface area contributed by atoms with Crippen molar-refractivity contribution in [2.45, 2.75) is 50.8 Å².